The average Bonchev–Trinajstić information content (AvgIpc) is 2.76. The van der Waals surface area contributed by atoms with Crippen LogP contribution in [0.3, 0.4) is 0 Å². The van der Waals surface area contributed by atoms with Crippen LogP contribution in [0.25, 0.3) is 11.4 Å². The average molecular weight is 278 g/mol. The van der Waals surface area contributed by atoms with Gasteiger partial charge in [-0.1, -0.05) is 6.07 Å². The molecule has 0 amide bonds. The second-order valence-corrected chi connectivity index (χ2v) is 5.33. The van der Waals surface area contributed by atoms with Crippen molar-refractivity contribution >= 4 is 5.97 Å². The molecule has 0 fully saturated rings. The molecule has 0 atom stereocenters. The van der Waals surface area contributed by atoms with Crippen LogP contribution in [-0.2, 0) is 11.3 Å². The van der Waals surface area contributed by atoms with Crippen LogP contribution in [0.5, 0.6) is 0 Å². The van der Waals surface area contributed by atoms with Crippen molar-refractivity contribution in [2.45, 2.75) is 27.3 Å². The molecular weight excluding hydrogens is 263 g/mol. The number of aliphatic carboxylic acids is 1. The van der Waals surface area contributed by atoms with Crippen LogP contribution in [0.1, 0.15) is 19.4 Å². The van der Waals surface area contributed by atoms with Crippen LogP contribution in [0.4, 0.5) is 4.39 Å². The lowest BCUT2D eigenvalue weighted by Gasteiger charge is -2.19. The summed E-state index contributed by atoms with van der Waals surface area (Å²) in [6.07, 6.45) is 0. The van der Waals surface area contributed by atoms with Crippen molar-refractivity contribution in [3.63, 3.8) is 0 Å². The summed E-state index contributed by atoms with van der Waals surface area (Å²) >= 11 is 0. The summed E-state index contributed by atoms with van der Waals surface area (Å²) in [5.74, 6) is -1.19. The minimum Gasteiger partial charge on any atom is -0.481 e. The number of aromatic nitrogens is 4. The number of hydrogen-bond acceptors (Lipinski definition) is 4. The van der Waals surface area contributed by atoms with Crippen LogP contribution < -0.4 is 0 Å². The maximum absolute atomic E-state index is 14.0. The largest absolute Gasteiger partial charge is 0.481 e. The summed E-state index contributed by atoms with van der Waals surface area (Å²) in [5.41, 5.74) is -0.0105. The van der Waals surface area contributed by atoms with E-state index in [-0.39, 0.29) is 17.9 Å². The highest BCUT2D eigenvalue weighted by Gasteiger charge is 2.30. The standard InChI is InChI=1S/C13H15FN4O2/c1-8-4-5-9(10(14)6-8)11-15-16-17-18(11)7-13(2,3)12(19)20/h4-6H,7H2,1-3H3,(H,19,20). The summed E-state index contributed by atoms with van der Waals surface area (Å²) in [7, 11) is 0. The van der Waals surface area contributed by atoms with Crippen molar-refractivity contribution in [3.8, 4) is 11.4 Å². The van der Waals surface area contributed by atoms with E-state index in [0.29, 0.717) is 0 Å². The first kappa shape index (κ1) is 14.1. The molecule has 0 unspecified atom stereocenters. The van der Waals surface area contributed by atoms with Gasteiger partial charge in [-0.2, -0.15) is 0 Å². The molecule has 1 aromatic heterocycles. The van der Waals surface area contributed by atoms with Crippen LogP contribution in [-0.4, -0.2) is 31.3 Å². The quantitative estimate of drug-likeness (QED) is 0.923. The number of rotatable bonds is 4. The summed E-state index contributed by atoms with van der Waals surface area (Å²) in [4.78, 5) is 11.2. The Morgan fingerprint density at radius 3 is 2.75 bits per heavy atom. The van der Waals surface area contributed by atoms with E-state index in [4.69, 9.17) is 5.11 Å². The minimum atomic E-state index is -1.05. The van der Waals surface area contributed by atoms with Gasteiger partial charge in [-0.3, -0.25) is 4.79 Å². The minimum absolute atomic E-state index is 0.0536. The summed E-state index contributed by atoms with van der Waals surface area (Å²) in [6, 6.07) is 4.72. The number of nitrogens with zero attached hydrogens (tertiary/aromatic N) is 4. The Kier molecular flexibility index (Phi) is 3.52. The van der Waals surface area contributed by atoms with Gasteiger partial charge in [0.15, 0.2) is 5.82 Å². The van der Waals surface area contributed by atoms with Gasteiger partial charge in [-0.05, 0) is 48.9 Å². The molecule has 0 radical (unpaired) electrons. The highest BCUT2D eigenvalue weighted by Crippen LogP contribution is 2.24. The van der Waals surface area contributed by atoms with Crippen molar-refractivity contribution in [1.29, 1.82) is 0 Å². The molecule has 0 saturated heterocycles. The lowest BCUT2D eigenvalue weighted by atomic mass is 9.94. The van der Waals surface area contributed by atoms with Crippen molar-refractivity contribution in [1.82, 2.24) is 20.2 Å². The Bertz CT molecular complexity index is 652. The predicted molar refractivity (Wildman–Crippen MR) is 69.4 cm³/mol. The Labute approximate surface area is 115 Å². The van der Waals surface area contributed by atoms with Gasteiger partial charge < -0.3 is 5.11 Å². The number of aryl methyl sites for hydroxylation is 1. The van der Waals surface area contributed by atoms with Crippen molar-refractivity contribution in [3.05, 3.63) is 29.6 Å². The zero-order valence-electron chi connectivity index (χ0n) is 11.5. The number of hydrogen-bond donors (Lipinski definition) is 1. The molecule has 7 heteroatoms. The lowest BCUT2D eigenvalue weighted by molar-refractivity contribution is -0.147. The second-order valence-electron chi connectivity index (χ2n) is 5.33. The molecule has 0 aliphatic carbocycles. The smallest absolute Gasteiger partial charge is 0.310 e. The molecule has 0 bridgehead atoms. The normalized spacial score (nSPS) is 11.6. The maximum Gasteiger partial charge on any atom is 0.310 e. The number of carboxylic acids is 1. The Morgan fingerprint density at radius 2 is 2.15 bits per heavy atom. The van der Waals surface area contributed by atoms with Crippen molar-refractivity contribution in [2.24, 2.45) is 5.41 Å². The van der Waals surface area contributed by atoms with E-state index in [1.165, 1.54) is 10.7 Å². The van der Waals surface area contributed by atoms with Gasteiger partial charge in [-0.25, -0.2) is 9.07 Å². The Balaban J connectivity index is 2.41. The Hall–Kier alpha value is -2.31. The first-order chi connectivity index (χ1) is 9.31. The maximum atomic E-state index is 14.0. The molecule has 0 aliphatic rings. The Morgan fingerprint density at radius 1 is 1.45 bits per heavy atom. The van der Waals surface area contributed by atoms with Gasteiger partial charge >= 0.3 is 5.97 Å². The first-order valence-corrected chi connectivity index (χ1v) is 6.07. The van der Waals surface area contributed by atoms with Crippen LogP contribution in [0, 0.1) is 18.2 Å². The molecule has 2 rings (SSSR count). The fraction of sp³-hybridized carbons (Fsp3) is 0.385. The van der Waals surface area contributed by atoms with Gasteiger partial charge in [-0.15, -0.1) is 5.10 Å². The van der Waals surface area contributed by atoms with E-state index in [9.17, 15) is 9.18 Å². The number of carboxylic acid groups (broad SMARTS) is 1. The molecule has 1 N–H and O–H groups in total. The zero-order chi connectivity index (χ0) is 14.9. The summed E-state index contributed by atoms with van der Waals surface area (Å²) in [5, 5.41) is 20.2. The molecule has 1 heterocycles. The zero-order valence-corrected chi connectivity index (χ0v) is 11.5. The molecule has 0 spiro atoms. The van der Waals surface area contributed by atoms with E-state index >= 15 is 0 Å². The number of halogens is 1. The van der Waals surface area contributed by atoms with E-state index in [0.717, 1.165) is 5.56 Å². The molecule has 106 valence electrons. The van der Waals surface area contributed by atoms with Crippen molar-refractivity contribution in [2.75, 3.05) is 0 Å². The van der Waals surface area contributed by atoms with Crippen LogP contribution in [0.2, 0.25) is 0 Å². The van der Waals surface area contributed by atoms with E-state index in [2.05, 4.69) is 15.5 Å². The number of tetrazole rings is 1. The molecule has 6 nitrogen and oxygen atoms in total. The topological polar surface area (TPSA) is 80.9 Å². The van der Waals surface area contributed by atoms with Gasteiger partial charge in [0.25, 0.3) is 0 Å². The van der Waals surface area contributed by atoms with Gasteiger partial charge in [0.2, 0.25) is 0 Å². The molecule has 20 heavy (non-hydrogen) atoms. The van der Waals surface area contributed by atoms with Gasteiger partial charge in [0.05, 0.1) is 17.5 Å². The SMILES string of the molecule is Cc1ccc(-c2nnnn2CC(C)(C)C(=O)O)c(F)c1. The highest BCUT2D eigenvalue weighted by molar-refractivity contribution is 5.73. The van der Waals surface area contributed by atoms with Crippen LogP contribution in [0.15, 0.2) is 18.2 Å². The third-order valence-corrected chi connectivity index (χ3v) is 3.02. The molecule has 1 aromatic carbocycles. The van der Waals surface area contributed by atoms with Crippen LogP contribution >= 0.6 is 0 Å². The van der Waals surface area contributed by atoms with E-state index < -0.39 is 17.2 Å². The van der Waals surface area contributed by atoms with Gasteiger partial charge in [0.1, 0.15) is 5.82 Å². The molecule has 0 saturated carbocycles. The number of carbonyl (C=O) groups is 1. The monoisotopic (exact) mass is 278 g/mol. The predicted octanol–water partition coefficient (Wildman–Crippen LogP) is 1.90. The summed E-state index contributed by atoms with van der Waals surface area (Å²) < 4.78 is 15.3. The fourth-order valence-electron chi connectivity index (χ4n) is 1.75. The number of benzene rings is 1. The van der Waals surface area contributed by atoms with E-state index in [1.807, 2.05) is 0 Å². The first-order valence-electron chi connectivity index (χ1n) is 6.07. The fourth-order valence-corrected chi connectivity index (χ4v) is 1.75. The summed E-state index contributed by atoms with van der Waals surface area (Å²) in [6.45, 7) is 4.96. The highest BCUT2D eigenvalue weighted by atomic mass is 19.1. The molecule has 0 aliphatic heterocycles. The molecular formula is C13H15FN4O2. The van der Waals surface area contributed by atoms with Crippen molar-refractivity contribution < 1.29 is 14.3 Å². The van der Waals surface area contributed by atoms with Gasteiger partial charge in [0, 0.05) is 0 Å². The third-order valence-electron chi connectivity index (χ3n) is 3.02. The van der Waals surface area contributed by atoms with E-state index in [1.54, 1.807) is 32.9 Å². The lowest BCUT2D eigenvalue weighted by Crippen LogP contribution is -2.30. The second kappa shape index (κ2) is 4.99. The molecule has 2 aromatic rings. The third kappa shape index (κ3) is 2.66.